The molecule has 5 heteroatoms. The van der Waals surface area contributed by atoms with Crippen LogP contribution in [0.1, 0.15) is 88.0 Å². The third-order valence-corrected chi connectivity index (χ3v) is 7.42. The number of hydrogen-bond acceptors (Lipinski definition) is 5. The molecule has 3 rings (SSSR count). The second-order valence-electron chi connectivity index (χ2n) is 13.5. The summed E-state index contributed by atoms with van der Waals surface area (Å²) in [6.07, 6.45) is 5.55. The molecule has 0 aliphatic carbocycles. The lowest BCUT2D eigenvalue weighted by Crippen LogP contribution is -2.52. The van der Waals surface area contributed by atoms with Crippen LogP contribution in [0.2, 0.25) is 0 Å². The Morgan fingerprint density at radius 2 is 0.636 bits per heavy atom. The van der Waals surface area contributed by atoms with Gasteiger partial charge < -0.3 is 9.80 Å². The molecule has 3 fully saturated rings. The first-order valence-electron chi connectivity index (χ1n) is 13.7. The van der Waals surface area contributed by atoms with Crippen molar-refractivity contribution < 1.29 is 0 Å². The zero-order chi connectivity index (χ0) is 25.3. The van der Waals surface area contributed by atoms with Crippen LogP contribution in [0.25, 0.3) is 0 Å². The van der Waals surface area contributed by atoms with Gasteiger partial charge in [-0.15, -0.1) is 0 Å². The molecule has 3 aliphatic rings. The number of likely N-dealkylation sites (tertiary alicyclic amines) is 1. The Balaban J connectivity index is 0.000000249. The molecule has 3 aliphatic heterocycles. The van der Waals surface area contributed by atoms with Crippen LogP contribution in [0.4, 0.5) is 0 Å². The minimum atomic E-state index is 0.352. The Kier molecular flexibility index (Phi) is 12.9. The van der Waals surface area contributed by atoms with Gasteiger partial charge in [-0.3, -0.25) is 14.7 Å². The van der Waals surface area contributed by atoms with Crippen LogP contribution in [-0.4, -0.2) is 121 Å². The van der Waals surface area contributed by atoms with Crippen LogP contribution < -0.4 is 0 Å². The van der Waals surface area contributed by atoms with Gasteiger partial charge in [0.1, 0.15) is 0 Å². The second-order valence-corrected chi connectivity index (χ2v) is 13.5. The van der Waals surface area contributed by atoms with Crippen molar-refractivity contribution in [3.8, 4) is 0 Å². The summed E-state index contributed by atoms with van der Waals surface area (Å²) < 4.78 is 0. The molecular formula is C28H61N5. The Hall–Kier alpha value is -0.200. The average molecular weight is 468 g/mol. The number of piperazine rings is 1. The maximum atomic E-state index is 2.58. The maximum absolute atomic E-state index is 2.58. The topological polar surface area (TPSA) is 16.2 Å². The van der Waals surface area contributed by atoms with Gasteiger partial charge in [-0.2, -0.15) is 0 Å². The largest absolute Gasteiger partial charge is 0.305 e. The van der Waals surface area contributed by atoms with Crippen molar-refractivity contribution >= 4 is 0 Å². The first-order valence-corrected chi connectivity index (χ1v) is 13.7. The lowest BCUT2D eigenvalue weighted by molar-refractivity contribution is 0.0735. The van der Waals surface area contributed by atoms with E-state index in [-0.39, 0.29) is 0 Å². The first-order chi connectivity index (χ1) is 15.1. The molecule has 0 N–H and O–H groups in total. The molecule has 33 heavy (non-hydrogen) atoms. The van der Waals surface area contributed by atoms with Crippen LogP contribution in [0.5, 0.6) is 0 Å². The molecule has 0 atom stereocenters. The highest BCUT2D eigenvalue weighted by atomic mass is 15.3. The summed E-state index contributed by atoms with van der Waals surface area (Å²) in [7, 11) is 4.41. The summed E-state index contributed by atoms with van der Waals surface area (Å²) in [6.45, 7) is 33.2. The summed E-state index contributed by atoms with van der Waals surface area (Å²) in [5.41, 5.74) is 1.12. The summed E-state index contributed by atoms with van der Waals surface area (Å²) in [4.78, 5) is 12.5. The monoisotopic (exact) mass is 467 g/mol. The molecule has 0 radical (unpaired) electrons. The van der Waals surface area contributed by atoms with E-state index < -0.39 is 0 Å². The third kappa shape index (κ3) is 12.9. The van der Waals surface area contributed by atoms with E-state index in [1.54, 1.807) is 0 Å². The zero-order valence-corrected chi connectivity index (χ0v) is 24.6. The number of hydrogen-bond donors (Lipinski definition) is 0. The SMILES string of the molecule is CC(C)(C)N1CCCCC1.CN1CCCN(C(C)(C)C)CC1.CN1CCN(C(C)(C)C)CC1. The molecule has 0 aromatic rings. The van der Waals surface area contributed by atoms with Gasteiger partial charge in [-0.1, -0.05) is 6.42 Å². The van der Waals surface area contributed by atoms with Gasteiger partial charge in [0.05, 0.1) is 0 Å². The number of likely N-dealkylation sites (N-methyl/N-ethyl adjacent to an activating group) is 2. The molecule has 5 nitrogen and oxygen atoms in total. The molecule has 0 saturated carbocycles. The highest BCUT2D eigenvalue weighted by Crippen LogP contribution is 2.19. The smallest absolute Gasteiger partial charge is 0.0126 e. The van der Waals surface area contributed by atoms with Crippen LogP contribution in [0.15, 0.2) is 0 Å². The van der Waals surface area contributed by atoms with Crippen molar-refractivity contribution in [3.05, 3.63) is 0 Å². The molecular weight excluding hydrogens is 406 g/mol. The Labute approximate surface area is 208 Å². The van der Waals surface area contributed by atoms with Crippen molar-refractivity contribution in [3.63, 3.8) is 0 Å². The first kappa shape index (κ1) is 30.8. The number of rotatable bonds is 0. The predicted molar refractivity (Wildman–Crippen MR) is 147 cm³/mol. The highest BCUT2D eigenvalue weighted by Gasteiger charge is 2.24. The molecule has 0 aromatic carbocycles. The van der Waals surface area contributed by atoms with Gasteiger partial charge in [-0.05, 0) is 122 Å². The van der Waals surface area contributed by atoms with Crippen molar-refractivity contribution in [1.29, 1.82) is 0 Å². The fourth-order valence-electron chi connectivity index (χ4n) is 4.76. The Morgan fingerprint density at radius 1 is 0.333 bits per heavy atom. The molecule has 3 heterocycles. The fourth-order valence-corrected chi connectivity index (χ4v) is 4.76. The molecule has 0 aromatic heterocycles. The van der Waals surface area contributed by atoms with Gasteiger partial charge in [-0.25, -0.2) is 0 Å². The molecule has 0 bridgehead atoms. The summed E-state index contributed by atoms with van der Waals surface area (Å²) >= 11 is 0. The Bertz CT molecular complexity index is 500. The summed E-state index contributed by atoms with van der Waals surface area (Å²) in [5.74, 6) is 0. The molecule has 0 unspecified atom stereocenters. The minimum Gasteiger partial charge on any atom is -0.305 e. The van der Waals surface area contributed by atoms with E-state index in [0.29, 0.717) is 16.6 Å². The quantitative estimate of drug-likeness (QED) is 0.511. The zero-order valence-electron chi connectivity index (χ0n) is 24.6. The molecule has 0 amide bonds. The lowest BCUT2D eigenvalue weighted by Gasteiger charge is -2.41. The van der Waals surface area contributed by atoms with E-state index in [2.05, 4.69) is 101 Å². The molecule has 198 valence electrons. The van der Waals surface area contributed by atoms with Crippen LogP contribution in [0, 0.1) is 0 Å². The number of nitrogens with zero attached hydrogens (tertiary/aromatic N) is 5. The highest BCUT2D eigenvalue weighted by molar-refractivity contribution is 4.81. The van der Waals surface area contributed by atoms with Gasteiger partial charge in [0, 0.05) is 55.9 Å². The molecule has 0 spiro atoms. The van der Waals surface area contributed by atoms with Crippen LogP contribution in [0.3, 0.4) is 0 Å². The molecule has 3 saturated heterocycles. The van der Waals surface area contributed by atoms with E-state index in [1.165, 1.54) is 91.1 Å². The van der Waals surface area contributed by atoms with E-state index in [9.17, 15) is 0 Å². The summed E-state index contributed by atoms with van der Waals surface area (Å²) in [5, 5.41) is 0. The van der Waals surface area contributed by atoms with Crippen LogP contribution in [-0.2, 0) is 0 Å². The lowest BCUT2D eigenvalue weighted by atomic mass is 10.0. The Morgan fingerprint density at radius 3 is 1.00 bits per heavy atom. The maximum Gasteiger partial charge on any atom is 0.0126 e. The van der Waals surface area contributed by atoms with Gasteiger partial charge in [0.2, 0.25) is 0 Å². The predicted octanol–water partition coefficient (Wildman–Crippen LogP) is 4.73. The van der Waals surface area contributed by atoms with E-state index in [0.717, 1.165) is 0 Å². The fraction of sp³-hybridized carbons (Fsp3) is 1.00. The van der Waals surface area contributed by atoms with Crippen LogP contribution >= 0.6 is 0 Å². The van der Waals surface area contributed by atoms with E-state index in [1.807, 2.05) is 0 Å². The number of piperidine rings is 1. The van der Waals surface area contributed by atoms with Crippen molar-refractivity contribution in [2.75, 3.05) is 79.5 Å². The average Bonchev–Trinajstić information content (AvgIpc) is 2.93. The second kappa shape index (κ2) is 13.8. The minimum absolute atomic E-state index is 0.352. The third-order valence-electron chi connectivity index (χ3n) is 7.42. The van der Waals surface area contributed by atoms with Gasteiger partial charge >= 0.3 is 0 Å². The standard InChI is InChI=1S/C10H22N2.C9H20N2.C9H19N/c1-10(2,3)12-7-5-6-11(4)8-9-12;1-9(2,3)11-7-5-10(4)6-8-11;1-9(2,3)10-7-5-4-6-8-10/h5-9H2,1-4H3;5-8H2,1-4H3;4-8H2,1-3H3. The van der Waals surface area contributed by atoms with Crippen molar-refractivity contribution in [2.45, 2.75) is 105 Å². The van der Waals surface area contributed by atoms with E-state index in [4.69, 9.17) is 0 Å². The summed E-state index contributed by atoms with van der Waals surface area (Å²) in [6, 6.07) is 0. The van der Waals surface area contributed by atoms with E-state index >= 15 is 0 Å². The van der Waals surface area contributed by atoms with Gasteiger partial charge in [0.15, 0.2) is 0 Å². The van der Waals surface area contributed by atoms with Crippen molar-refractivity contribution in [1.82, 2.24) is 24.5 Å². The normalized spacial score (nSPS) is 23.7. The van der Waals surface area contributed by atoms with Crippen molar-refractivity contribution in [2.24, 2.45) is 0 Å². The van der Waals surface area contributed by atoms with Gasteiger partial charge in [0.25, 0.3) is 0 Å².